The molecule has 1 unspecified atom stereocenters. The lowest BCUT2D eigenvalue weighted by Crippen LogP contribution is -2.47. The summed E-state index contributed by atoms with van der Waals surface area (Å²) in [6.45, 7) is 2.10. The van der Waals surface area contributed by atoms with Gasteiger partial charge in [0.2, 0.25) is 11.8 Å². The summed E-state index contributed by atoms with van der Waals surface area (Å²) in [5, 5.41) is 5.47. The van der Waals surface area contributed by atoms with Crippen molar-refractivity contribution in [1.29, 1.82) is 0 Å². The highest BCUT2D eigenvalue weighted by molar-refractivity contribution is 6.01. The molecule has 1 fully saturated rings. The topological polar surface area (TPSA) is 58.2 Å². The minimum Gasteiger partial charge on any atom is -0.374 e. The lowest BCUT2D eigenvalue weighted by atomic mass is 10.1. The van der Waals surface area contributed by atoms with Crippen molar-refractivity contribution in [3.63, 3.8) is 0 Å². The van der Waals surface area contributed by atoms with Crippen LogP contribution in [0.15, 0.2) is 24.3 Å². The van der Waals surface area contributed by atoms with Gasteiger partial charge in [-0.3, -0.25) is 14.9 Å². The third-order valence-corrected chi connectivity index (χ3v) is 2.94. The molecule has 1 saturated heterocycles. The van der Waals surface area contributed by atoms with Gasteiger partial charge in [-0.25, -0.2) is 0 Å². The van der Waals surface area contributed by atoms with Gasteiger partial charge in [0.1, 0.15) is 6.04 Å². The molecule has 0 bridgehead atoms. The zero-order valence-electron chi connectivity index (χ0n) is 9.82. The second-order valence-corrected chi connectivity index (χ2v) is 4.20. The Hall–Kier alpha value is -1.84. The average Bonchev–Trinajstić information content (AvgIpc) is 2.34. The van der Waals surface area contributed by atoms with Gasteiger partial charge in [-0.05, 0) is 30.5 Å². The molecular weight excluding hydrogens is 216 g/mol. The van der Waals surface area contributed by atoms with Gasteiger partial charge in [0, 0.05) is 12.1 Å². The summed E-state index contributed by atoms with van der Waals surface area (Å²) in [6, 6.07) is 7.69. The summed E-state index contributed by atoms with van der Waals surface area (Å²) in [5.41, 5.74) is 2.18. The fraction of sp³-hybridized carbons (Fsp3) is 0.385. The first-order valence-electron chi connectivity index (χ1n) is 5.88. The van der Waals surface area contributed by atoms with Crippen LogP contribution in [-0.4, -0.2) is 17.9 Å². The van der Waals surface area contributed by atoms with E-state index in [-0.39, 0.29) is 17.9 Å². The van der Waals surface area contributed by atoms with Crippen LogP contribution >= 0.6 is 0 Å². The highest BCUT2D eigenvalue weighted by Gasteiger charge is 2.26. The van der Waals surface area contributed by atoms with E-state index in [4.69, 9.17) is 0 Å². The number of rotatable bonds is 3. The van der Waals surface area contributed by atoms with Crippen LogP contribution in [-0.2, 0) is 16.0 Å². The third kappa shape index (κ3) is 2.84. The Labute approximate surface area is 100 Å². The summed E-state index contributed by atoms with van der Waals surface area (Å²) in [5.74, 6) is -0.421. The molecule has 4 heteroatoms. The molecule has 0 radical (unpaired) electrons. The van der Waals surface area contributed by atoms with Crippen LogP contribution < -0.4 is 10.6 Å². The van der Waals surface area contributed by atoms with Crippen LogP contribution in [0.4, 0.5) is 5.69 Å². The van der Waals surface area contributed by atoms with Crippen LogP contribution in [0.3, 0.4) is 0 Å². The number of benzene rings is 1. The maximum absolute atomic E-state index is 11.5. The van der Waals surface area contributed by atoms with Crippen molar-refractivity contribution in [1.82, 2.24) is 5.32 Å². The minimum atomic E-state index is -0.305. The van der Waals surface area contributed by atoms with E-state index >= 15 is 0 Å². The number of piperidine rings is 1. The number of carbonyl (C=O) groups is 2. The Bertz CT molecular complexity index is 426. The summed E-state index contributed by atoms with van der Waals surface area (Å²) in [6.07, 6.45) is 1.95. The van der Waals surface area contributed by atoms with E-state index < -0.39 is 0 Å². The molecule has 2 amide bonds. The molecule has 1 heterocycles. The maximum Gasteiger partial charge on any atom is 0.249 e. The quantitative estimate of drug-likeness (QED) is 0.776. The minimum absolute atomic E-state index is 0.186. The number of imide groups is 1. The molecule has 90 valence electrons. The molecule has 17 heavy (non-hydrogen) atoms. The number of hydrogen-bond acceptors (Lipinski definition) is 3. The Balaban J connectivity index is 2.00. The van der Waals surface area contributed by atoms with Gasteiger partial charge in [-0.1, -0.05) is 19.1 Å². The average molecular weight is 232 g/mol. The van der Waals surface area contributed by atoms with Crippen LogP contribution in [0.25, 0.3) is 0 Å². The molecule has 0 saturated carbocycles. The van der Waals surface area contributed by atoms with E-state index in [0.717, 1.165) is 12.1 Å². The Morgan fingerprint density at radius 1 is 1.29 bits per heavy atom. The molecular formula is C13H16N2O2. The predicted molar refractivity (Wildman–Crippen MR) is 65.6 cm³/mol. The second-order valence-electron chi connectivity index (χ2n) is 4.20. The number of hydrogen-bond donors (Lipinski definition) is 2. The maximum atomic E-state index is 11.5. The predicted octanol–water partition coefficient (Wildman–Crippen LogP) is 1.47. The molecule has 4 nitrogen and oxygen atoms in total. The first-order chi connectivity index (χ1) is 8.19. The van der Waals surface area contributed by atoms with Crippen molar-refractivity contribution in [3.05, 3.63) is 29.8 Å². The van der Waals surface area contributed by atoms with Gasteiger partial charge >= 0.3 is 0 Å². The van der Waals surface area contributed by atoms with E-state index in [2.05, 4.69) is 17.6 Å². The van der Waals surface area contributed by atoms with Gasteiger partial charge in [0.25, 0.3) is 0 Å². The Kier molecular flexibility index (Phi) is 3.42. The number of nitrogens with one attached hydrogen (secondary N) is 2. The summed E-state index contributed by atoms with van der Waals surface area (Å²) in [4.78, 5) is 22.5. The van der Waals surface area contributed by atoms with Crippen molar-refractivity contribution >= 4 is 17.5 Å². The highest BCUT2D eigenvalue weighted by atomic mass is 16.2. The van der Waals surface area contributed by atoms with Gasteiger partial charge < -0.3 is 5.32 Å². The molecule has 0 spiro atoms. The van der Waals surface area contributed by atoms with E-state index in [9.17, 15) is 9.59 Å². The fourth-order valence-corrected chi connectivity index (χ4v) is 1.87. The molecule has 2 N–H and O–H groups in total. The van der Waals surface area contributed by atoms with Crippen LogP contribution in [0.5, 0.6) is 0 Å². The second kappa shape index (κ2) is 4.99. The van der Waals surface area contributed by atoms with Crippen molar-refractivity contribution in [2.45, 2.75) is 32.2 Å². The largest absolute Gasteiger partial charge is 0.374 e. The van der Waals surface area contributed by atoms with Gasteiger partial charge in [-0.15, -0.1) is 0 Å². The molecule has 2 rings (SSSR count). The molecule has 1 aromatic rings. The van der Waals surface area contributed by atoms with Crippen LogP contribution in [0.1, 0.15) is 25.3 Å². The third-order valence-electron chi connectivity index (χ3n) is 2.94. The first kappa shape index (κ1) is 11.6. The van der Waals surface area contributed by atoms with Crippen molar-refractivity contribution in [2.24, 2.45) is 0 Å². The fourth-order valence-electron chi connectivity index (χ4n) is 1.87. The SMILES string of the molecule is CCc1ccc(NC2CCC(=O)NC2=O)cc1. The number of anilines is 1. The van der Waals surface area contributed by atoms with Crippen LogP contribution in [0, 0.1) is 0 Å². The summed E-state index contributed by atoms with van der Waals surface area (Å²) >= 11 is 0. The lowest BCUT2D eigenvalue weighted by Gasteiger charge is -2.22. The van der Waals surface area contributed by atoms with E-state index in [0.29, 0.717) is 12.8 Å². The molecule has 0 aliphatic carbocycles. The van der Waals surface area contributed by atoms with E-state index in [1.165, 1.54) is 5.56 Å². The van der Waals surface area contributed by atoms with Gasteiger partial charge in [-0.2, -0.15) is 0 Å². The molecule has 1 aliphatic rings. The lowest BCUT2D eigenvalue weighted by molar-refractivity contribution is -0.133. The molecule has 1 aromatic carbocycles. The molecule has 0 aromatic heterocycles. The zero-order valence-corrected chi connectivity index (χ0v) is 9.82. The first-order valence-corrected chi connectivity index (χ1v) is 5.88. The van der Waals surface area contributed by atoms with Crippen molar-refractivity contribution < 1.29 is 9.59 Å². The van der Waals surface area contributed by atoms with Gasteiger partial charge in [0.15, 0.2) is 0 Å². The Morgan fingerprint density at radius 2 is 2.00 bits per heavy atom. The standard InChI is InChI=1S/C13H16N2O2/c1-2-9-3-5-10(6-4-9)14-11-7-8-12(16)15-13(11)17/h3-6,11,14H,2,7-8H2,1H3,(H,15,16,17). The van der Waals surface area contributed by atoms with Gasteiger partial charge in [0.05, 0.1) is 0 Å². The summed E-state index contributed by atoms with van der Waals surface area (Å²) < 4.78 is 0. The van der Waals surface area contributed by atoms with E-state index in [1.54, 1.807) is 0 Å². The normalized spacial score (nSPS) is 19.9. The van der Waals surface area contributed by atoms with Crippen molar-refractivity contribution in [3.8, 4) is 0 Å². The molecule has 1 aliphatic heterocycles. The highest BCUT2D eigenvalue weighted by Crippen LogP contribution is 2.14. The number of amides is 2. The van der Waals surface area contributed by atoms with E-state index in [1.807, 2.05) is 24.3 Å². The Morgan fingerprint density at radius 3 is 2.59 bits per heavy atom. The smallest absolute Gasteiger partial charge is 0.249 e. The summed E-state index contributed by atoms with van der Waals surface area (Å²) in [7, 11) is 0. The monoisotopic (exact) mass is 232 g/mol. The number of carbonyl (C=O) groups excluding carboxylic acids is 2. The number of aryl methyl sites for hydroxylation is 1. The zero-order chi connectivity index (χ0) is 12.3. The molecule has 1 atom stereocenters. The van der Waals surface area contributed by atoms with Crippen molar-refractivity contribution in [2.75, 3.05) is 5.32 Å². The van der Waals surface area contributed by atoms with Crippen LogP contribution in [0.2, 0.25) is 0 Å².